The summed E-state index contributed by atoms with van der Waals surface area (Å²) in [6.07, 6.45) is 1.50. The molecule has 0 amide bonds. The molecule has 2 nitrogen and oxygen atoms in total. The predicted molar refractivity (Wildman–Crippen MR) is 54.0 cm³/mol. The zero-order chi connectivity index (χ0) is 9.97. The molecule has 1 heterocycles. The minimum Gasteiger partial charge on any atom is -0.462 e. The van der Waals surface area contributed by atoms with Crippen molar-refractivity contribution in [3.8, 4) is 0 Å². The highest BCUT2D eigenvalue weighted by Crippen LogP contribution is 2.28. The van der Waals surface area contributed by atoms with E-state index in [1.165, 1.54) is 5.56 Å². The maximum absolute atomic E-state index is 11.0. The molecule has 1 aliphatic heterocycles. The summed E-state index contributed by atoms with van der Waals surface area (Å²) in [5.74, 6) is 0.250. The average molecular weight is 190 g/mol. The highest BCUT2D eigenvalue weighted by atomic mass is 16.5. The fourth-order valence-corrected chi connectivity index (χ4v) is 1.87. The third-order valence-electron chi connectivity index (χ3n) is 2.80. The first-order valence-corrected chi connectivity index (χ1v) is 5.02. The van der Waals surface area contributed by atoms with Crippen LogP contribution in [0.2, 0.25) is 0 Å². The van der Waals surface area contributed by atoms with Gasteiger partial charge in [-0.2, -0.15) is 0 Å². The second kappa shape index (κ2) is 3.82. The lowest BCUT2D eigenvalue weighted by Gasteiger charge is -2.18. The molecule has 0 aliphatic carbocycles. The van der Waals surface area contributed by atoms with Gasteiger partial charge in [0.2, 0.25) is 0 Å². The maximum Gasteiger partial charge on any atom is 0.306 e. The van der Waals surface area contributed by atoms with Crippen LogP contribution in [-0.2, 0) is 9.53 Å². The van der Waals surface area contributed by atoms with Crippen molar-refractivity contribution in [1.82, 2.24) is 0 Å². The van der Waals surface area contributed by atoms with Crippen LogP contribution in [-0.4, -0.2) is 12.1 Å². The molecule has 74 valence electrons. The van der Waals surface area contributed by atoms with Gasteiger partial charge in [-0.3, -0.25) is 4.79 Å². The first-order chi connectivity index (χ1) is 6.77. The number of ether oxygens (including phenoxy) is 1. The normalized spacial score (nSPS) is 23.2. The molecule has 2 atom stereocenters. The Labute approximate surface area is 83.9 Å². The number of hydrogen-bond donors (Lipinski definition) is 0. The molecule has 2 rings (SSSR count). The molecule has 1 aliphatic rings. The lowest BCUT2D eigenvalue weighted by atomic mass is 9.94. The Morgan fingerprint density at radius 1 is 1.36 bits per heavy atom. The van der Waals surface area contributed by atoms with Gasteiger partial charge in [-0.25, -0.2) is 0 Å². The highest BCUT2D eigenvalue weighted by molar-refractivity contribution is 5.71. The second-order valence-corrected chi connectivity index (χ2v) is 3.77. The third-order valence-corrected chi connectivity index (χ3v) is 2.80. The van der Waals surface area contributed by atoms with Crippen molar-refractivity contribution in [2.24, 2.45) is 0 Å². The summed E-state index contributed by atoms with van der Waals surface area (Å²) in [6.45, 7) is 2.11. The van der Waals surface area contributed by atoms with Crippen molar-refractivity contribution in [1.29, 1.82) is 0 Å². The Morgan fingerprint density at radius 3 is 2.64 bits per heavy atom. The van der Waals surface area contributed by atoms with Crippen LogP contribution in [0, 0.1) is 0 Å². The van der Waals surface area contributed by atoms with Crippen LogP contribution in [0.4, 0.5) is 0 Å². The van der Waals surface area contributed by atoms with Gasteiger partial charge in [-0.1, -0.05) is 37.3 Å². The van der Waals surface area contributed by atoms with E-state index in [1.807, 2.05) is 18.2 Å². The standard InChI is InChI=1S/C12H14O2/c1-9(10-5-3-2-4-6-10)11-7-8-12(13)14-11/h2-6,9,11H,7-8H2,1H3/t9-,11+/m0/s1. The van der Waals surface area contributed by atoms with Crippen LogP contribution in [0.25, 0.3) is 0 Å². The van der Waals surface area contributed by atoms with E-state index in [-0.39, 0.29) is 12.1 Å². The number of hydrogen-bond acceptors (Lipinski definition) is 2. The number of esters is 1. The van der Waals surface area contributed by atoms with Crippen molar-refractivity contribution >= 4 is 5.97 Å². The SMILES string of the molecule is C[C@@H](c1ccccc1)[C@H]1CCC(=O)O1. The van der Waals surface area contributed by atoms with Gasteiger partial charge in [0, 0.05) is 12.3 Å². The Bertz CT molecular complexity index is 318. The van der Waals surface area contributed by atoms with E-state index in [1.54, 1.807) is 0 Å². The van der Waals surface area contributed by atoms with Crippen molar-refractivity contribution < 1.29 is 9.53 Å². The molecule has 0 unspecified atom stereocenters. The van der Waals surface area contributed by atoms with Crippen LogP contribution in [0.15, 0.2) is 30.3 Å². The molecule has 0 radical (unpaired) electrons. The van der Waals surface area contributed by atoms with Crippen LogP contribution in [0.5, 0.6) is 0 Å². The molecule has 0 saturated carbocycles. The van der Waals surface area contributed by atoms with E-state index in [0.717, 1.165) is 6.42 Å². The van der Waals surface area contributed by atoms with E-state index < -0.39 is 0 Å². The number of benzene rings is 1. The van der Waals surface area contributed by atoms with Gasteiger partial charge in [-0.05, 0) is 12.0 Å². The summed E-state index contributed by atoms with van der Waals surface area (Å²) in [5, 5.41) is 0. The zero-order valence-electron chi connectivity index (χ0n) is 8.27. The van der Waals surface area contributed by atoms with Crippen molar-refractivity contribution in [3.63, 3.8) is 0 Å². The highest BCUT2D eigenvalue weighted by Gasteiger charge is 2.28. The summed E-state index contributed by atoms with van der Waals surface area (Å²) in [7, 11) is 0. The molecule has 1 aromatic carbocycles. The summed E-state index contributed by atoms with van der Waals surface area (Å²) in [4.78, 5) is 11.0. The van der Waals surface area contributed by atoms with Gasteiger partial charge in [-0.15, -0.1) is 0 Å². The smallest absolute Gasteiger partial charge is 0.306 e. The number of carbonyl (C=O) groups is 1. The first-order valence-electron chi connectivity index (χ1n) is 5.02. The minimum atomic E-state index is -0.0576. The molecule has 14 heavy (non-hydrogen) atoms. The topological polar surface area (TPSA) is 26.3 Å². The largest absolute Gasteiger partial charge is 0.462 e. The quantitative estimate of drug-likeness (QED) is 0.670. The Hall–Kier alpha value is -1.31. The van der Waals surface area contributed by atoms with Crippen LogP contribution in [0.1, 0.15) is 31.2 Å². The summed E-state index contributed by atoms with van der Waals surface area (Å²) >= 11 is 0. The van der Waals surface area contributed by atoms with E-state index in [4.69, 9.17) is 4.74 Å². The molecule has 0 N–H and O–H groups in total. The average Bonchev–Trinajstić information content (AvgIpc) is 2.65. The zero-order valence-corrected chi connectivity index (χ0v) is 8.27. The molecule has 0 aromatic heterocycles. The number of rotatable bonds is 2. The maximum atomic E-state index is 11.0. The number of carbonyl (C=O) groups excluding carboxylic acids is 1. The molecular formula is C12H14O2. The summed E-state index contributed by atoms with van der Waals surface area (Å²) in [5.41, 5.74) is 1.24. The summed E-state index contributed by atoms with van der Waals surface area (Å²) < 4.78 is 5.24. The van der Waals surface area contributed by atoms with Gasteiger partial charge in [0.05, 0.1) is 0 Å². The van der Waals surface area contributed by atoms with Crippen molar-refractivity contribution in [2.75, 3.05) is 0 Å². The third kappa shape index (κ3) is 1.79. The van der Waals surface area contributed by atoms with Crippen LogP contribution >= 0.6 is 0 Å². The fourth-order valence-electron chi connectivity index (χ4n) is 1.87. The molecule has 1 saturated heterocycles. The van der Waals surface area contributed by atoms with Crippen molar-refractivity contribution in [3.05, 3.63) is 35.9 Å². The summed E-state index contributed by atoms with van der Waals surface area (Å²) in [6, 6.07) is 10.2. The monoisotopic (exact) mass is 190 g/mol. The van der Waals surface area contributed by atoms with Gasteiger partial charge in [0.1, 0.15) is 6.10 Å². The van der Waals surface area contributed by atoms with Crippen LogP contribution in [0.3, 0.4) is 0 Å². The van der Waals surface area contributed by atoms with E-state index >= 15 is 0 Å². The first kappa shape index (κ1) is 9.25. The molecule has 0 spiro atoms. The van der Waals surface area contributed by atoms with Crippen LogP contribution < -0.4 is 0 Å². The van der Waals surface area contributed by atoms with Gasteiger partial charge >= 0.3 is 5.97 Å². The van der Waals surface area contributed by atoms with E-state index in [9.17, 15) is 4.79 Å². The molecule has 1 fully saturated rings. The Balaban J connectivity index is 2.09. The lowest BCUT2D eigenvalue weighted by Crippen LogP contribution is -2.15. The Morgan fingerprint density at radius 2 is 2.07 bits per heavy atom. The van der Waals surface area contributed by atoms with E-state index in [2.05, 4.69) is 19.1 Å². The molecule has 1 aromatic rings. The lowest BCUT2D eigenvalue weighted by molar-refractivity contribution is -0.142. The fraction of sp³-hybridized carbons (Fsp3) is 0.417. The number of cyclic esters (lactones) is 1. The minimum absolute atomic E-state index is 0.0576. The van der Waals surface area contributed by atoms with Gasteiger partial charge in [0.25, 0.3) is 0 Å². The van der Waals surface area contributed by atoms with E-state index in [0.29, 0.717) is 12.3 Å². The molecule has 0 bridgehead atoms. The van der Waals surface area contributed by atoms with Gasteiger partial charge < -0.3 is 4.74 Å². The molecular weight excluding hydrogens is 176 g/mol. The predicted octanol–water partition coefficient (Wildman–Crippen LogP) is 2.50. The Kier molecular flexibility index (Phi) is 2.53. The second-order valence-electron chi connectivity index (χ2n) is 3.77. The van der Waals surface area contributed by atoms with Gasteiger partial charge in [0.15, 0.2) is 0 Å². The molecule has 2 heteroatoms. The van der Waals surface area contributed by atoms with Crippen molar-refractivity contribution in [2.45, 2.75) is 31.8 Å².